The number of methoxy groups -OCH3 is 2. The Morgan fingerprint density at radius 2 is 2.05 bits per heavy atom. The SMILES string of the molecule is COC(=O)CC(CSc1nc2ccccc2[nH]1)C(=O)OC. The molecule has 0 saturated heterocycles. The summed E-state index contributed by atoms with van der Waals surface area (Å²) in [5, 5.41) is 0.704. The zero-order valence-corrected chi connectivity index (χ0v) is 12.6. The second kappa shape index (κ2) is 7.12. The first-order chi connectivity index (χ1) is 10.1. The van der Waals surface area contributed by atoms with E-state index >= 15 is 0 Å². The third-order valence-corrected chi connectivity index (χ3v) is 4.00. The molecule has 0 radical (unpaired) electrons. The average molecular weight is 308 g/mol. The Morgan fingerprint density at radius 3 is 2.71 bits per heavy atom. The summed E-state index contributed by atoms with van der Waals surface area (Å²) >= 11 is 1.38. The molecule has 0 aliphatic carbocycles. The normalized spacial score (nSPS) is 12.1. The molecule has 1 aromatic heterocycles. The summed E-state index contributed by atoms with van der Waals surface area (Å²) in [6.07, 6.45) is -0.00357. The van der Waals surface area contributed by atoms with Crippen molar-refractivity contribution in [2.24, 2.45) is 5.92 Å². The van der Waals surface area contributed by atoms with Crippen LogP contribution >= 0.6 is 11.8 Å². The average Bonchev–Trinajstić information content (AvgIpc) is 2.93. The number of carbonyl (C=O) groups is 2. The molecule has 1 aromatic carbocycles. The number of carbonyl (C=O) groups excluding carboxylic acids is 2. The van der Waals surface area contributed by atoms with Crippen molar-refractivity contribution in [1.82, 2.24) is 9.97 Å². The van der Waals surface area contributed by atoms with Crippen molar-refractivity contribution in [1.29, 1.82) is 0 Å². The van der Waals surface area contributed by atoms with Gasteiger partial charge >= 0.3 is 11.9 Å². The largest absolute Gasteiger partial charge is 0.469 e. The number of hydrogen-bond donors (Lipinski definition) is 1. The highest BCUT2D eigenvalue weighted by molar-refractivity contribution is 7.99. The number of aromatic amines is 1. The molecule has 2 rings (SSSR count). The van der Waals surface area contributed by atoms with E-state index in [9.17, 15) is 9.59 Å². The van der Waals surface area contributed by atoms with Crippen LogP contribution in [0, 0.1) is 5.92 Å². The van der Waals surface area contributed by atoms with Gasteiger partial charge in [-0.25, -0.2) is 4.98 Å². The van der Waals surface area contributed by atoms with E-state index in [0.717, 1.165) is 11.0 Å². The number of nitrogens with one attached hydrogen (secondary N) is 1. The zero-order valence-electron chi connectivity index (χ0n) is 11.8. The Kier molecular flexibility index (Phi) is 5.21. The molecule has 112 valence electrons. The number of para-hydroxylation sites is 2. The molecule has 1 heterocycles. The minimum absolute atomic E-state index is 0.00357. The fraction of sp³-hybridized carbons (Fsp3) is 0.357. The van der Waals surface area contributed by atoms with E-state index in [-0.39, 0.29) is 6.42 Å². The van der Waals surface area contributed by atoms with Crippen molar-refractivity contribution < 1.29 is 19.1 Å². The van der Waals surface area contributed by atoms with Gasteiger partial charge in [-0.15, -0.1) is 0 Å². The van der Waals surface area contributed by atoms with Crippen molar-refractivity contribution in [2.45, 2.75) is 11.6 Å². The second-order valence-corrected chi connectivity index (χ2v) is 5.38. The number of H-pyrrole nitrogens is 1. The van der Waals surface area contributed by atoms with E-state index in [4.69, 9.17) is 4.74 Å². The fourth-order valence-electron chi connectivity index (χ4n) is 1.84. The smallest absolute Gasteiger partial charge is 0.310 e. The maximum atomic E-state index is 11.7. The molecule has 0 saturated carbocycles. The van der Waals surface area contributed by atoms with Crippen molar-refractivity contribution in [2.75, 3.05) is 20.0 Å². The van der Waals surface area contributed by atoms with Gasteiger partial charge in [-0.3, -0.25) is 9.59 Å². The van der Waals surface area contributed by atoms with Gasteiger partial charge in [0, 0.05) is 5.75 Å². The third-order valence-electron chi connectivity index (χ3n) is 2.96. The van der Waals surface area contributed by atoms with Gasteiger partial charge in [0.05, 0.1) is 37.6 Å². The summed E-state index contributed by atoms with van der Waals surface area (Å²) in [5.74, 6) is -1.03. The molecule has 7 heteroatoms. The van der Waals surface area contributed by atoms with Crippen LogP contribution in [0.4, 0.5) is 0 Å². The fourth-order valence-corrected chi connectivity index (χ4v) is 2.80. The monoisotopic (exact) mass is 308 g/mol. The van der Waals surface area contributed by atoms with Crippen molar-refractivity contribution >= 4 is 34.7 Å². The van der Waals surface area contributed by atoms with Crippen LogP contribution < -0.4 is 0 Å². The molecule has 0 fully saturated rings. The maximum Gasteiger partial charge on any atom is 0.310 e. The molecule has 1 N–H and O–H groups in total. The van der Waals surface area contributed by atoms with Crippen LogP contribution in [-0.4, -0.2) is 41.9 Å². The quantitative estimate of drug-likeness (QED) is 0.649. The zero-order chi connectivity index (χ0) is 15.2. The van der Waals surface area contributed by atoms with Crippen molar-refractivity contribution in [3.05, 3.63) is 24.3 Å². The van der Waals surface area contributed by atoms with E-state index < -0.39 is 17.9 Å². The Morgan fingerprint density at radius 1 is 1.29 bits per heavy atom. The molecular weight excluding hydrogens is 292 g/mol. The summed E-state index contributed by atoms with van der Waals surface area (Å²) in [7, 11) is 2.60. The van der Waals surface area contributed by atoms with E-state index in [0.29, 0.717) is 10.9 Å². The molecule has 1 atom stereocenters. The van der Waals surface area contributed by atoms with E-state index in [2.05, 4.69) is 14.7 Å². The third kappa shape index (κ3) is 3.98. The van der Waals surface area contributed by atoms with Gasteiger partial charge in [-0.05, 0) is 12.1 Å². The summed E-state index contributed by atoms with van der Waals surface area (Å²) < 4.78 is 9.31. The summed E-state index contributed by atoms with van der Waals surface area (Å²) in [5.41, 5.74) is 1.80. The van der Waals surface area contributed by atoms with Crippen molar-refractivity contribution in [3.63, 3.8) is 0 Å². The summed E-state index contributed by atoms with van der Waals surface area (Å²) in [4.78, 5) is 30.6. The number of benzene rings is 1. The number of imidazole rings is 1. The summed E-state index contributed by atoms with van der Waals surface area (Å²) in [6, 6.07) is 7.66. The highest BCUT2D eigenvalue weighted by atomic mass is 32.2. The molecule has 21 heavy (non-hydrogen) atoms. The molecule has 2 aromatic rings. The van der Waals surface area contributed by atoms with Gasteiger partial charge in [-0.2, -0.15) is 0 Å². The molecule has 1 unspecified atom stereocenters. The Labute approximate surface area is 126 Å². The topological polar surface area (TPSA) is 81.3 Å². The Bertz CT molecular complexity index is 608. The molecule has 0 amide bonds. The summed E-state index contributed by atoms with van der Waals surface area (Å²) in [6.45, 7) is 0. The number of nitrogens with zero attached hydrogens (tertiary/aromatic N) is 1. The second-order valence-electron chi connectivity index (χ2n) is 4.37. The first-order valence-corrected chi connectivity index (χ1v) is 7.34. The lowest BCUT2D eigenvalue weighted by Crippen LogP contribution is -2.22. The molecule has 0 aliphatic heterocycles. The van der Waals surface area contributed by atoms with E-state index in [1.54, 1.807) is 0 Å². The Balaban J connectivity index is 2.03. The maximum absolute atomic E-state index is 11.7. The van der Waals surface area contributed by atoms with Crippen LogP contribution in [0.15, 0.2) is 29.4 Å². The number of rotatable bonds is 6. The number of hydrogen-bond acceptors (Lipinski definition) is 6. The van der Waals surface area contributed by atoms with Gasteiger partial charge in [0.15, 0.2) is 5.16 Å². The number of aromatic nitrogens is 2. The Hall–Kier alpha value is -2.02. The lowest BCUT2D eigenvalue weighted by molar-refractivity contribution is -0.151. The van der Waals surface area contributed by atoms with Gasteiger partial charge in [0.25, 0.3) is 0 Å². The minimum atomic E-state index is -0.555. The molecular formula is C14H16N2O4S. The standard InChI is InChI=1S/C14H16N2O4S/c1-19-12(17)7-9(13(18)20-2)8-21-14-15-10-5-3-4-6-11(10)16-14/h3-6,9H,7-8H2,1-2H3,(H,15,16). The van der Waals surface area contributed by atoms with Gasteiger partial charge in [0.1, 0.15) is 0 Å². The first-order valence-electron chi connectivity index (χ1n) is 6.36. The van der Waals surface area contributed by atoms with Gasteiger partial charge in [0.2, 0.25) is 0 Å². The minimum Gasteiger partial charge on any atom is -0.469 e. The van der Waals surface area contributed by atoms with Crippen LogP contribution in [0.25, 0.3) is 11.0 Å². The molecule has 6 nitrogen and oxygen atoms in total. The van der Waals surface area contributed by atoms with Crippen LogP contribution in [0.1, 0.15) is 6.42 Å². The lowest BCUT2D eigenvalue weighted by atomic mass is 10.1. The van der Waals surface area contributed by atoms with E-state index in [1.807, 2.05) is 24.3 Å². The van der Waals surface area contributed by atoms with Crippen molar-refractivity contribution in [3.8, 4) is 0 Å². The number of fused-ring (bicyclic) bond motifs is 1. The van der Waals surface area contributed by atoms with E-state index in [1.165, 1.54) is 26.0 Å². The molecule has 0 aliphatic rings. The molecule has 0 bridgehead atoms. The molecule has 0 spiro atoms. The number of esters is 2. The number of thioether (sulfide) groups is 1. The van der Waals surface area contributed by atoms with Crippen LogP contribution in [0.5, 0.6) is 0 Å². The lowest BCUT2D eigenvalue weighted by Gasteiger charge is -2.11. The van der Waals surface area contributed by atoms with Crippen LogP contribution in [-0.2, 0) is 19.1 Å². The highest BCUT2D eigenvalue weighted by Gasteiger charge is 2.24. The van der Waals surface area contributed by atoms with Crippen LogP contribution in [0.3, 0.4) is 0 Å². The van der Waals surface area contributed by atoms with Gasteiger partial charge in [-0.1, -0.05) is 23.9 Å². The highest BCUT2D eigenvalue weighted by Crippen LogP contribution is 2.23. The number of ether oxygens (including phenoxy) is 2. The first kappa shape index (κ1) is 15.4. The van der Waals surface area contributed by atoms with Gasteiger partial charge < -0.3 is 14.5 Å². The predicted molar refractivity (Wildman–Crippen MR) is 79.0 cm³/mol. The predicted octanol–water partition coefficient (Wildman–Crippen LogP) is 2.01. The van der Waals surface area contributed by atoms with Crippen LogP contribution in [0.2, 0.25) is 0 Å².